The highest BCUT2D eigenvalue weighted by Gasteiger charge is 2.34. The molecular weight excluding hydrogens is 437 g/mol. The van der Waals surface area contributed by atoms with Gasteiger partial charge in [0, 0.05) is 10.7 Å². The van der Waals surface area contributed by atoms with Gasteiger partial charge in [0.1, 0.15) is 17.8 Å². The topological polar surface area (TPSA) is 38.8 Å². The zero-order chi connectivity index (χ0) is 21.8. The predicted octanol–water partition coefficient (Wildman–Crippen LogP) is 6.24. The Labute approximate surface area is 189 Å². The summed E-state index contributed by atoms with van der Waals surface area (Å²) in [6.07, 6.45) is 0. The van der Waals surface area contributed by atoms with Gasteiger partial charge in [-0.3, -0.25) is 9.69 Å². The molecule has 4 nitrogen and oxygen atoms in total. The second-order valence-electron chi connectivity index (χ2n) is 6.96. The predicted molar refractivity (Wildman–Crippen MR) is 122 cm³/mol. The Balaban J connectivity index is 1.58. The summed E-state index contributed by atoms with van der Waals surface area (Å²) in [6, 6.07) is 19.2. The first-order valence-corrected chi connectivity index (χ1v) is 11.3. The minimum absolute atomic E-state index is 0.0433. The molecule has 0 spiro atoms. The SMILES string of the molecule is CCOc1cc([C@H]2SCC(=O)N2c2ccc(Cl)cc2)ccc1OCc1cccc(F)c1. The minimum Gasteiger partial charge on any atom is -0.490 e. The number of carbonyl (C=O) groups is 1. The number of anilines is 1. The normalized spacial score (nSPS) is 15.9. The molecule has 0 bridgehead atoms. The number of carbonyl (C=O) groups excluding carboxylic acids is 1. The average molecular weight is 458 g/mol. The van der Waals surface area contributed by atoms with Crippen LogP contribution >= 0.6 is 23.4 Å². The van der Waals surface area contributed by atoms with E-state index in [0.717, 1.165) is 16.8 Å². The fraction of sp³-hybridized carbons (Fsp3) is 0.208. The zero-order valence-corrected chi connectivity index (χ0v) is 18.5. The first kappa shape index (κ1) is 21.5. The van der Waals surface area contributed by atoms with Crippen molar-refractivity contribution < 1.29 is 18.7 Å². The third-order valence-corrected chi connectivity index (χ3v) is 6.27. The van der Waals surface area contributed by atoms with Crippen LogP contribution in [0, 0.1) is 5.82 Å². The van der Waals surface area contributed by atoms with E-state index in [9.17, 15) is 9.18 Å². The zero-order valence-electron chi connectivity index (χ0n) is 16.9. The Morgan fingerprint density at radius 1 is 1.06 bits per heavy atom. The van der Waals surface area contributed by atoms with Crippen molar-refractivity contribution in [1.29, 1.82) is 0 Å². The van der Waals surface area contributed by atoms with E-state index in [4.69, 9.17) is 21.1 Å². The lowest BCUT2D eigenvalue weighted by molar-refractivity contribution is -0.115. The molecule has 0 saturated carbocycles. The van der Waals surface area contributed by atoms with Gasteiger partial charge >= 0.3 is 0 Å². The van der Waals surface area contributed by atoms with E-state index in [0.29, 0.717) is 28.9 Å². The highest BCUT2D eigenvalue weighted by atomic mass is 35.5. The quantitative estimate of drug-likeness (QED) is 0.421. The monoisotopic (exact) mass is 457 g/mol. The number of amides is 1. The molecule has 31 heavy (non-hydrogen) atoms. The first-order chi connectivity index (χ1) is 15.0. The molecule has 1 saturated heterocycles. The van der Waals surface area contributed by atoms with Crippen molar-refractivity contribution >= 4 is 35.0 Å². The molecule has 3 aromatic carbocycles. The van der Waals surface area contributed by atoms with Crippen molar-refractivity contribution in [2.75, 3.05) is 17.3 Å². The molecule has 1 aliphatic rings. The summed E-state index contributed by atoms with van der Waals surface area (Å²) < 4.78 is 25.1. The Bertz CT molecular complexity index is 1080. The maximum atomic E-state index is 13.4. The number of hydrogen-bond donors (Lipinski definition) is 0. The summed E-state index contributed by atoms with van der Waals surface area (Å²) in [5, 5.41) is 0.447. The number of thioether (sulfide) groups is 1. The second kappa shape index (κ2) is 9.62. The molecule has 7 heteroatoms. The van der Waals surface area contributed by atoms with E-state index >= 15 is 0 Å². The van der Waals surface area contributed by atoms with Gasteiger partial charge in [-0.25, -0.2) is 4.39 Å². The van der Waals surface area contributed by atoms with Gasteiger partial charge in [-0.2, -0.15) is 0 Å². The minimum atomic E-state index is -0.299. The van der Waals surface area contributed by atoms with Crippen LogP contribution in [0.3, 0.4) is 0 Å². The Morgan fingerprint density at radius 2 is 1.87 bits per heavy atom. The molecule has 0 unspecified atom stereocenters. The van der Waals surface area contributed by atoms with E-state index in [1.54, 1.807) is 34.9 Å². The van der Waals surface area contributed by atoms with Crippen LogP contribution in [0.4, 0.5) is 10.1 Å². The number of nitrogens with zero attached hydrogens (tertiary/aromatic N) is 1. The van der Waals surface area contributed by atoms with Crippen molar-refractivity contribution in [1.82, 2.24) is 0 Å². The van der Waals surface area contributed by atoms with Crippen LogP contribution in [-0.2, 0) is 11.4 Å². The molecular formula is C24H21ClFNO3S. The maximum absolute atomic E-state index is 13.4. The second-order valence-corrected chi connectivity index (χ2v) is 8.47. The Kier molecular flexibility index (Phi) is 6.68. The number of halogens is 2. The average Bonchev–Trinajstić information content (AvgIpc) is 3.15. The summed E-state index contributed by atoms with van der Waals surface area (Å²) in [6.45, 7) is 2.60. The number of rotatable bonds is 7. The summed E-state index contributed by atoms with van der Waals surface area (Å²) in [7, 11) is 0. The fourth-order valence-electron chi connectivity index (χ4n) is 3.41. The summed E-state index contributed by atoms with van der Waals surface area (Å²) in [4.78, 5) is 14.4. The molecule has 3 aromatic rings. The van der Waals surface area contributed by atoms with E-state index < -0.39 is 0 Å². The van der Waals surface area contributed by atoms with Crippen LogP contribution in [0.5, 0.6) is 11.5 Å². The Hall–Kier alpha value is -2.70. The van der Waals surface area contributed by atoms with Crippen molar-refractivity contribution in [3.05, 3.63) is 88.7 Å². The van der Waals surface area contributed by atoms with Gasteiger partial charge in [0.2, 0.25) is 5.91 Å². The van der Waals surface area contributed by atoms with Crippen LogP contribution in [0.25, 0.3) is 0 Å². The Morgan fingerprint density at radius 3 is 2.61 bits per heavy atom. The first-order valence-electron chi connectivity index (χ1n) is 9.88. The van der Waals surface area contributed by atoms with Gasteiger partial charge in [-0.05, 0) is 66.6 Å². The van der Waals surface area contributed by atoms with Crippen LogP contribution in [0.2, 0.25) is 5.02 Å². The maximum Gasteiger partial charge on any atom is 0.238 e. The standard InChI is InChI=1S/C24H21ClFNO3S/c1-2-29-22-13-17(6-11-21(22)30-14-16-4-3-5-19(26)12-16)24-27(23(28)15-31-24)20-9-7-18(25)8-10-20/h3-13,24H,2,14-15H2,1H3/t24-/m1/s1. The molecule has 0 aliphatic carbocycles. The largest absolute Gasteiger partial charge is 0.490 e. The number of ether oxygens (including phenoxy) is 2. The molecule has 1 heterocycles. The van der Waals surface area contributed by atoms with Gasteiger partial charge in [0.15, 0.2) is 11.5 Å². The van der Waals surface area contributed by atoms with E-state index in [-0.39, 0.29) is 23.7 Å². The molecule has 0 radical (unpaired) electrons. The third-order valence-electron chi connectivity index (χ3n) is 4.81. The molecule has 0 N–H and O–H groups in total. The van der Waals surface area contributed by atoms with Gasteiger partial charge in [-0.15, -0.1) is 11.8 Å². The van der Waals surface area contributed by atoms with Gasteiger partial charge in [-0.1, -0.05) is 29.8 Å². The number of hydrogen-bond acceptors (Lipinski definition) is 4. The molecule has 1 amide bonds. The van der Waals surface area contributed by atoms with E-state index in [1.165, 1.54) is 12.1 Å². The molecule has 1 fully saturated rings. The van der Waals surface area contributed by atoms with Gasteiger partial charge < -0.3 is 9.47 Å². The summed E-state index contributed by atoms with van der Waals surface area (Å²) >= 11 is 7.56. The van der Waals surface area contributed by atoms with Crippen molar-refractivity contribution in [2.45, 2.75) is 18.9 Å². The van der Waals surface area contributed by atoms with E-state index in [1.807, 2.05) is 43.3 Å². The number of benzene rings is 3. The lowest BCUT2D eigenvalue weighted by atomic mass is 10.1. The lowest BCUT2D eigenvalue weighted by Crippen LogP contribution is -2.27. The smallest absolute Gasteiger partial charge is 0.238 e. The van der Waals surface area contributed by atoms with Crippen molar-refractivity contribution in [3.8, 4) is 11.5 Å². The van der Waals surface area contributed by atoms with Gasteiger partial charge in [0.25, 0.3) is 0 Å². The lowest BCUT2D eigenvalue weighted by Gasteiger charge is -2.25. The van der Waals surface area contributed by atoms with Crippen LogP contribution in [-0.4, -0.2) is 18.3 Å². The van der Waals surface area contributed by atoms with Crippen LogP contribution < -0.4 is 14.4 Å². The highest BCUT2D eigenvalue weighted by Crippen LogP contribution is 2.44. The summed E-state index contributed by atoms with van der Waals surface area (Å²) in [5.41, 5.74) is 2.47. The molecule has 1 atom stereocenters. The molecule has 160 valence electrons. The summed E-state index contributed by atoms with van der Waals surface area (Å²) in [5.74, 6) is 1.30. The fourth-order valence-corrected chi connectivity index (χ4v) is 4.70. The molecule has 0 aromatic heterocycles. The van der Waals surface area contributed by atoms with Gasteiger partial charge in [0.05, 0.1) is 12.4 Å². The third kappa shape index (κ3) is 4.97. The van der Waals surface area contributed by atoms with Crippen molar-refractivity contribution in [3.63, 3.8) is 0 Å². The van der Waals surface area contributed by atoms with E-state index in [2.05, 4.69) is 0 Å². The van der Waals surface area contributed by atoms with Crippen molar-refractivity contribution in [2.24, 2.45) is 0 Å². The van der Waals surface area contributed by atoms with Crippen LogP contribution in [0.1, 0.15) is 23.4 Å². The molecule has 4 rings (SSSR count). The van der Waals surface area contributed by atoms with Crippen LogP contribution in [0.15, 0.2) is 66.7 Å². The highest BCUT2D eigenvalue weighted by molar-refractivity contribution is 8.00. The molecule has 1 aliphatic heterocycles.